The molecule has 6 rings (SSSR count). The summed E-state index contributed by atoms with van der Waals surface area (Å²) in [5.74, 6) is 0.624. The zero-order valence-electron chi connectivity index (χ0n) is 12.0. The van der Waals surface area contributed by atoms with Gasteiger partial charge in [0.25, 0.3) is 6.02 Å². The van der Waals surface area contributed by atoms with Crippen LogP contribution in [-0.4, -0.2) is 57.7 Å². The van der Waals surface area contributed by atoms with E-state index in [-0.39, 0.29) is 5.60 Å². The molecule has 4 aliphatic rings. The number of aromatic nitrogens is 3. The molecule has 2 aromatic rings. The lowest BCUT2D eigenvalue weighted by Gasteiger charge is -2.50. The normalized spacial score (nSPS) is 33.2. The van der Waals surface area contributed by atoms with Crippen molar-refractivity contribution in [1.29, 1.82) is 0 Å². The molecular formula is C14H16N6OS. The maximum Gasteiger partial charge on any atom is 0.291 e. The highest BCUT2D eigenvalue weighted by molar-refractivity contribution is 7.21. The Kier molecular flexibility index (Phi) is 2.66. The summed E-state index contributed by atoms with van der Waals surface area (Å²) in [5.41, 5.74) is 0.539. The molecule has 0 unspecified atom stereocenters. The van der Waals surface area contributed by atoms with Gasteiger partial charge in [-0.25, -0.2) is 15.0 Å². The third kappa shape index (κ3) is 1.90. The van der Waals surface area contributed by atoms with Gasteiger partial charge in [-0.15, -0.1) is 0 Å². The maximum absolute atomic E-state index is 6.25. The highest BCUT2D eigenvalue weighted by atomic mass is 32.1. The van der Waals surface area contributed by atoms with E-state index in [9.17, 15) is 0 Å². The van der Waals surface area contributed by atoms with Crippen molar-refractivity contribution in [3.63, 3.8) is 0 Å². The van der Waals surface area contributed by atoms with Gasteiger partial charge in [-0.1, -0.05) is 11.3 Å². The standard InChI is InChI=1S/C14H16N6OS/c1-5-20-6-2-9(1)14(8-20)7-17-12(21-14)19-13-18-10-11(22-13)16-4-3-15-10/h3-4,9H,1-2,5-8H2,(H,15,17,18,19)/t14-/m0/s1. The molecule has 2 aromatic heterocycles. The topological polar surface area (TPSA) is 75.5 Å². The number of hydrogen-bond donors (Lipinski definition) is 1. The first kappa shape index (κ1) is 12.7. The van der Waals surface area contributed by atoms with E-state index in [0.29, 0.717) is 17.6 Å². The number of nitrogens with one attached hydrogen (secondary N) is 1. The Hall–Kier alpha value is -1.80. The summed E-state index contributed by atoms with van der Waals surface area (Å²) in [4.78, 5) is 20.8. The summed E-state index contributed by atoms with van der Waals surface area (Å²) in [5, 5.41) is 3.93. The molecule has 2 bridgehead atoms. The molecule has 114 valence electrons. The predicted octanol–water partition coefficient (Wildman–Crippen LogP) is 1.35. The van der Waals surface area contributed by atoms with E-state index in [4.69, 9.17) is 4.74 Å². The Morgan fingerprint density at radius 2 is 2.14 bits per heavy atom. The molecule has 1 N–H and O–H groups in total. The number of nitrogens with zero attached hydrogens (tertiary/aromatic N) is 5. The van der Waals surface area contributed by atoms with E-state index in [1.165, 1.54) is 37.3 Å². The van der Waals surface area contributed by atoms with Crippen LogP contribution in [-0.2, 0) is 4.74 Å². The SMILES string of the molecule is c1cnc2sc(NC3=NC[C@@]4(CN5CCC4CC5)O3)nc2n1. The van der Waals surface area contributed by atoms with E-state index in [1.807, 2.05) is 0 Å². The van der Waals surface area contributed by atoms with E-state index >= 15 is 0 Å². The van der Waals surface area contributed by atoms with Crippen LogP contribution in [0.25, 0.3) is 10.5 Å². The molecule has 7 nitrogen and oxygen atoms in total. The molecule has 0 aliphatic carbocycles. The van der Waals surface area contributed by atoms with Gasteiger partial charge in [0, 0.05) is 24.9 Å². The molecule has 4 aliphatic heterocycles. The molecule has 0 radical (unpaired) electrons. The molecule has 22 heavy (non-hydrogen) atoms. The monoisotopic (exact) mass is 316 g/mol. The molecule has 3 fully saturated rings. The summed E-state index contributed by atoms with van der Waals surface area (Å²) >= 11 is 1.47. The van der Waals surface area contributed by atoms with Crippen molar-refractivity contribution in [2.45, 2.75) is 18.4 Å². The number of piperidine rings is 3. The molecule has 1 atom stereocenters. The number of ether oxygens (including phenoxy) is 1. The van der Waals surface area contributed by atoms with Crippen LogP contribution in [0.3, 0.4) is 0 Å². The summed E-state index contributed by atoms with van der Waals surface area (Å²) in [6, 6.07) is 0.591. The zero-order chi connectivity index (χ0) is 14.6. The zero-order valence-corrected chi connectivity index (χ0v) is 12.8. The molecule has 0 amide bonds. The van der Waals surface area contributed by atoms with Crippen molar-refractivity contribution in [3.05, 3.63) is 12.4 Å². The maximum atomic E-state index is 6.25. The summed E-state index contributed by atoms with van der Waals surface area (Å²) in [6.07, 6.45) is 5.77. The number of rotatable bonds is 1. The molecule has 1 spiro atoms. The largest absolute Gasteiger partial charge is 0.455 e. The van der Waals surface area contributed by atoms with Crippen molar-refractivity contribution in [3.8, 4) is 0 Å². The van der Waals surface area contributed by atoms with Gasteiger partial charge >= 0.3 is 0 Å². The summed E-state index contributed by atoms with van der Waals surface area (Å²) in [6.45, 7) is 4.15. The van der Waals surface area contributed by atoms with Gasteiger partial charge in [-0.3, -0.25) is 10.2 Å². The number of thiazole rings is 1. The Labute approximate surface area is 131 Å². The average molecular weight is 316 g/mol. The first-order chi connectivity index (χ1) is 10.8. The lowest BCUT2D eigenvalue weighted by Crippen LogP contribution is -2.61. The highest BCUT2D eigenvalue weighted by Crippen LogP contribution is 2.41. The summed E-state index contributed by atoms with van der Waals surface area (Å²) < 4.78 is 6.25. The number of hydrogen-bond acceptors (Lipinski definition) is 8. The van der Waals surface area contributed by atoms with Crippen LogP contribution in [0.4, 0.5) is 5.13 Å². The minimum Gasteiger partial charge on any atom is -0.455 e. The van der Waals surface area contributed by atoms with E-state index < -0.39 is 0 Å². The van der Waals surface area contributed by atoms with E-state index in [1.54, 1.807) is 12.4 Å². The first-order valence-corrected chi connectivity index (χ1v) is 8.43. The van der Waals surface area contributed by atoms with Crippen LogP contribution in [0.2, 0.25) is 0 Å². The number of fused-ring (bicyclic) bond motifs is 3. The van der Waals surface area contributed by atoms with Gasteiger partial charge in [0.15, 0.2) is 15.6 Å². The van der Waals surface area contributed by atoms with Crippen molar-refractivity contribution in [1.82, 2.24) is 19.9 Å². The molecule has 6 heterocycles. The fraction of sp³-hybridized carbons (Fsp3) is 0.571. The first-order valence-electron chi connectivity index (χ1n) is 7.61. The second-order valence-electron chi connectivity index (χ2n) is 6.17. The van der Waals surface area contributed by atoms with Crippen molar-refractivity contribution in [2.75, 3.05) is 31.5 Å². The fourth-order valence-electron chi connectivity index (χ4n) is 3.77. The average Bonchev–Trinajstić information content (AvgIpc) is 3.12. The number of anilines is 1. The number of amidine groups is 1. The van der Waals surface area contributed by atoms with Gasteiger partial charge in [0.05, 0.1) is 6.54 Å². The second kappa shape index (κ2) is 4.60. The van der Waals surface area contributed by atoms with Crippen LogP contribution >= 0.6 is 11.3 Å². The third-order valence-corrected chi connectivity index (χ3v) is 5.74. The Balaban J connectivity index is 1.35. The van der Waals surface area contributed by atoms with E-state index in [2.05, 4.69) is 30.2 Å². The van der Waals surface area contributed by atoms with Crippen LogP contribution in [0.5, 0.6) is 0 Å². The van der Waals surface area contributed by atoms with Gasteiger partial charge in [-0.05, 0) is 25.9 Å². The lowest BCUT2D eigenvalue weighted by molar-refractivity contribution is -0.0829. The third-order valence-electron chi connectivity index (χ3n) is 4.87. The van der Waals surface area contributed by atoms with Crippen molar-refractivity contribution in [2.24, 2.45) is 10.9 Å². The molecule has 8 heteroatoms. The van der Waals surface area contributed by atoms with Gasteiger partial charge in [0.2, 0.25) is 0 Å². The van der Waals surface area contributed by atoms with Crippen molar-refractivity contribution < 1.29 is 4.74 Å². The highest BCUT2D eigenvalue weighted by Gasteiger charge is 2.51. The lowest BCUT2D eigenvalue weighted by atomic mass is 9.75. The van der Waals surface area contributed by atoms with Crippen LogP contribution in [0.1, 0.15) is 12.8 Å². The quantitative estimate of drug-likeness (QED) is 0.856. The molecule has 0 aromatic carbocycles. The van der Waals surface area contributed by atoms with Crippen molar-refractivity contribution >= 4 is 33.0 Å². The van der Waals surface area contributed by atoms with E-state index in [0.717, 1.165) is 23.1 Å². The van der Waals surface area contributed by atoms with Gasteiger partial charge in [-0.2, -0.15) is 4.98 Å². The Bertz CT molecular complexity index is 720. The minimum atomic E-state index is -0.119. The van der Waals surface area contributed by atoms with Crippen LogP contribution in [0.15, 0.2) is 17.4 Å². The van der Waals surface area contributed by atoms with Gasteiger partial charge < -0.3 is 4.74 Å². The Morgan fingerprint density at radius 3 is 2.91 bits per heavy atom. The van der Waals surface area contributed by atoms with Crippen LogP contribution < -0.4 is 5.32 Å². The summed E-state index contributed by atoms with van der Waals surface area (Å²) in [7, 11) is 0. The Morgan fingerprint density at radius 1 is 1.27 bits per heavy atom. The van der Waals surface area contributed by atoms with Gasteiger partial charge in [0.1, 0.15) is 5.60 Å². The smallest absolute Gasteiger partial charge is 0.291 e. The van der Waals surface area contributed by atoms with Crippen LogP contribution in [0, 0.1) is 5.92 Å². The predicted molar refractivity (Wildman–Crippen MR) is 84.1 cm³/mol. The fourth-order valence-corrected chi connectivity index (χ4v) is 4.53. The minimum absolute atomic E-state index is 0.119. The second-order valence-corrected chi connectivity index (χ2v) is 7.15. The number of aliphatic imine (C=N–C) groups is 1. The molecular weight excluding hydrogens is 300 g/mol. The molecule has 0 saturated carbocycles. The molecule has 3 saturated heterocycles.